The van der Waals surface area contributed by atoms with E-state index in [2.05, 4.69) is 29.6 Å². The second kappa shape index (κ2) is 10.2. The molecule has 6 heteroatoms. The van der Waals surface area contributed by atoms with Crippen molar-refractivity contribution in [3.8, 4) is 0 Å². The van der Waals surface area contributed by atoms with E-state index in [0.717, 1.165) is 64.5 Å². The molecule has 1 saturated heterocycles. The fourth-order valence-electron chi connectivity index (χ4n) is 6.59. The molecule has 3 aromatic rings. The van der Waals surface area contributed by atoms with Crippen LogP contribution >= 0.6 is 0 Å². The highest BCUT2D eigenvalue weighted by Crippen LogP contribution is 2.45. The Balaban J connectivity index is 1.34. The number of piperidine rings is 1. The minimum Gasteiger partial charge on any atom is -0.478 e. The van der Waals surface area contributed by atoms with E-state index < -0.39 is 11.9 Å². The zero-order chi connectivity index (χ0) is 27.1. The number of Topliss-reactive ketones (excluding diaryl/α,β-unsaturated/α-hetero) is 1. The predicted molar refractivity (Wildman–Crippen MR) is 150 cm³/mol. The number of allylic oxidation sites excluding steroid dienone is 3. The van der Waals surface area contributed by atoms with Crippen LogP contribution < -0.4 is 5.32 Å². The van der Waals surface area contributed by atoms with Gasteiger partial charge in [-0.3, -0.25) is 9.59 Å². The monoisotopic (exact) mass is 520 g/mol. The molecule has 0 saturated carbocycles. The van der Waals surface area contributed by atoms with Crippen LogP contribution in [0.2, 0.25) is 0 Å². The Kier molecular flexibility index (Phi) is 6.55. The summed E-state index contributed by atoms with van der Waals surface area (Å²) in [5.74, 6) is -1.03. The number of aromatic carboxylic acids is 1. The standard InChI is InChI=1S/C33H32N2O4/c1-20-29(32(37)35-17-15-21(16-18-35)23-9-4-10-24(19-23)33(38)39)30(31-27(34-20)13-6-14-28(31)36)26-12-5-8-22-7-2-3-11-25(22)26/h2-5,7-12,19,21,30,34H,6,13-18H2,1H3,(H,38,39). The summed E-state index contributed by atoms with van der Waals surface area (Å²) in [5.41, 5.74) is 5.48. The summed E-state index contributed by atoms with van der Waals surface area (Å²) in [4.78, 5) is 41.0. The number of carboxylic acids is 1. The summed E-state index contributed by atoms with van der Waals surface area (Å²) >= 11 is 0. The number of carbonyl (C=O) groups is 3. The lowest BCUT2D eigenvalue weighted by molar-refractivity contribution is -0.128. The average molecular weight is 521 g/mol. The number of likely N-dealkylation sites (tertiary alicyclic amines) is 1. The Labute approximate surface area is 228 Å². The molecule has 1 atom stereocenters. The number of fused-ring (bicyclic) bond motifs is 1. The van der Waals surface area contributed by atoms with Crippen molar-refractivity contribution in [1.29, 1.82) is 0 Å². The molecular formula is C33H32N2O4. The summed E-state index contributed by atoms with van der Waals surface area (Å²) < 4.78 is 0. The SMILES string of the molecule is CC1=C(C(=O)N2CCC(c3cccc(C(=O)O)c3)CC2)C(c2cccc3ccccc23)C2=C(CCCC2=O)N1. The van der Waals surface area contributed by atoms with Crippen molar-refractivity contribution in [2.24, 2.45) is 0 Å². The minimum atomic E-state index is -0.929. The van der Waals surface area contributed by atoms with E-state index in [1.165, 1.54) is 0 Å². The van der Waals surface area contributed by atoms with E-state index in [1.54, 1.807) is 18.2 Å². The number of dihydropyridines is 1. The van der Waals surface area contributed by atoms with Crippen LogP contribution in [0.4, 0.5) is 0 Å². The van der Waals surface area contributed by atoms with E-state index >= 15 is 0 Å². The summed E-state index contributed by atoms with van der Waals surface area (Å²) in [6.45, 7) is 3.12. The Hall–Kier alpha value is -4.19. The average Bonchev–Trinajstić information content (AvgIpc) is 2.96. The molecule has 198 valence electrons. The molecule has 3 aliphatic rings. The van der Waals surface area contributed by atoms with Gasteiger partial charge in [0.05, 0.1) is 5.56 Å². The Morgan fingerprint density at radius 1 is 0.949 bits per heavy atom. The lowest BCUT2D eigenvalue weighted by atomic mass is 9.73. The number of hydrogen-bond donors (Lipinski definition) is 2. The van der Waals surface area contributed by atoms with Gasteiger partial charge < -0.3 is 15.3 Å². The molecule has 1 aliphatic carbocycles. The van der Waals surface area contributed by atoms with Crippen molar-refractivity contribution in [3.63, 3.8) is 0 Å². The Morgan fingerprint density at radius 3 is 2.49 bits per heavy atom. The molecule has 0 radical (unpaired) electrons. The highest BCUT2D eigenvalue weighted by atomic mass is 16.4. The zero-order valence-corrected chi connectivity index (χ0v) is 22.1. The summed E-state index contributed by atoms with van der Waals surface area (Å²) in [6, 6.07) is 21.4. The maximum Gasteiger partial charge on any atom is 0.335 e. The van der Waals surface area contributed by atoms with Gasteiger partial charge in [-0.25, -0.2) is 4.79 Å². The first-order valence-corrected chi connectivity index (χ1v) is 13.8. The number of rotatable bonds is 4. The molecule has 3 aromatic carbocycles. The van der Waals surface area contributed by atoms with Crippen molar-refractivity contribution < 1.29 is 19.5 Å². The number of nitrogens with zero attached hydrogens (tertiary/aromatic N) is 1. The number of nitrogens with one attached hydrogen (secondary N) is 1. The fraction of sp³-hybridized carbons (Fsp3) is 0.303. The molecule has 0 aromatic heterocycles. The Bertz CT molecular complexity index is 1550. The topological polar surface area (TPSA) is 86.7 Å². The molecule has 0 spiro atoms. The third kappa shape index (κ3) is 4.54. The second-order valence-corrected chi connectivity index (χ2v) is 10.8. The quantitative estimate of drug-likeness (QED) is 0.447. The molecule has 6 nitrogen and oxygen atoms in total. The van der Waals surface area contributed by atoms with E-state index in [0.29, 0.717) is 30.6 Å². The van der Waals surface area contributed by atoms with E-state index in [9.17, 15) is 19.5 Å². The van der Waals surface area contributed by atoms with E-state index in [4.69, 9.17) is 0 Å². The molecule has 39 heavy (non-hydrogen) atoms. The highest BCUT2D eigenvalue weighted by molar-refractivity contribution is 6.06. The fourth-order valence-corrected chi connectivity index (χ4v) is 6.59. The number of amides is 1. The number of carboxylic acid groups (broad SMARTS) is 1. The van der Waals surface area contributed by atoms with Crippen LogP contribution in [0.1, 0.15) is 72.3 Å². The van der Waals surface area contributed by atoms with Gasteiger partial charge in [-0.2, -0.15) is 0 Å². The van der Waals surface area contributed by atoms with Gasteiger partial charge in [-0.1, -0.05) is 54.6 Å². The van der Waals surface area contributed by atoms with Gasteiger partial charge in [0.25, 0.3) is 5.91 Å². The molecule has 1 amide bonds. The van der Waals surface area contributed by atoms with E-state index in [1.807, 2.05) is 36.1 Å². The van der Waals surface area contributed by atoms with Gasteiger partial charge in [-0.05, 0) is 72.6 Å². The second-order valence-electron chi connectivity index (χ2n) is 10.8. The van der Waals surface area contributed by atoms with E-state index in [-0.39, 0.29) is 17.6 Å². The molecular weight excluding hydrogens is 488 g/mol. The largest absolute Gasteiger partial charge is 0.478 e. The molecule has 1 unspecified atom stereocenters. The van der Waals surface area contributed by atoms with Gasteiger partial charge in [0, 0.05) is 48.0 Å². The lowest BCUT2D eigenvalue weighted by Crippen LogP contribution is -2.43. The molecule has 0 bridgehead atoms. The molecule has 6 rings (SSSR count). The smallest absolute Gasteiger partial charge is 0.335 e. The summed E-state index contributed by atoms with van der Waals surface area (Å²) in [5, 5.41) is 15.0. The van der Waals surface area contributed by atoms with Crippen molar-refractivity contribution in [2.75, 3.05) is 13.1 Å². The minimum absolute atomic E-state index is 0.0272. The first-order chi connectivity index (χ1) is 18.9. The van der Waals surface area contributed by atoms with Crippen LogP contribution in [0, 0.1) is 0 Å². The van der Waals surface area contributed by atoms with Gasteiger partial charge in [-0.15, -0.1) is 0 Å². The third-order valence-corrected chi connectivity index (χ3v) is 8.53. The predicted octanol–water partition coefficient (Wildman–Crippen LogP) is 5.91. The number of ketones is 1. The lowest BCUT2D eigenvalue weighted by Gasteiger charge is -2.38. The van der Waals surface area contributed by atoms with Crippen LogP contribution in [0.3, 0.4) is 0 Å². The van der Waals surface area contributed by atoms with Crippen LogP contribution in [0.15, 0.2) is 89.3 Å². The summed E-state index contributed by atoms with van der Waals surface area (Å²) in [6.07, 6.45) is 3.66. The molecule has 2 aliphatic heterocycles. The number of hydrogen-bond acceptors (Lipinski definition) is 4. The van der Waals surface area contributed by atoms with Crippen LogP contribution in [0.25, 0.3) is 10.8 Å². The Morgan fingerprint density at radius 2 is 1.69 bits per heavy atom. The van der Waals surface area contributed by atoms with Gasteiger partial charge >= 0.3 is 5.97 Å². The maximum atomic E-state index is 14.3. The van der Waals surface area contributed by atoms with Crippen LogP contribution in [-0.4, -0.2) is 40.8 Å². The van der Waals surface area contributed by atoms with Gasteiger partial charge in [0.1, 0.15) is 0 Å². The molecule has 2 heterocycles. The van der Waals surface area contributed by atoms with Crippen molar-refractivity contribution >= 4 is 28.4 Å². The first-order valence-electron chi connectivity index (χ1n) is 13.8. The maximum absolute atomic E-state index is 14.3. The number of carbonyl (C=O) groups excluding carboxylic acids is 2. The number of benzene rings is 3. The first kappa shape index (κ1) is 25.1. The third-order valence-electron chi connectivity index (χ3n) is 8.53. The van der Waals surface area contributed by atoms with Gasteiger partial charge in [0.2, 0.25) is 0 Å². The van der Waals surface area contributed by atoms with Crippen LogP contribution in [0.5, 0.6) is 0 Å². The normalized spacial score (nSPS) is 20.2. The van der Waals surface area contributed by atoms with Crippen LogP contribution in [-0.2, 0) is 9.59 Å². The zero-order valence-electron chi connectivity index (χ0n) is 22.1. The van der Waals surface area contributed by atoms with Crippen molar-refractivity contribution in [2.45, 2.75) is 50.9 Å². The van der Waals surface area contributed by atoms with Crippen molar-refractivity contribution in [3.05, 3.63) is 106 Å². The van der Waals surface area contributed by atoms with Crippen molar-refractivity contribution in [1.82, 2.24) is 10.2 Å². The molecule has 1 fully saturated rings. The highest BCUT2D eigenvalue weighted by Gasteiger charge is 2.40. The summed E-state index contributed by atoms with van der Waals surface area (Å²) in [7, 11) is 0. The van der Waals surface area contributed by atoms with Gasteiger partial charge in [0.15, 0.2) is 5.78 Å². The molecule has 2 N–H and O–H groups in total.